The van der Waals surface area contributed by atoms with Crippen LogP contribution in [0, 0.1) is 5.82 Å². The number of hydrogen-bond donors (Lipinski definition) is 1. The van der Waals surface area contributed by atoms with E-state index in [-0.39, 0.29) is 10.4 Å². The lowest BCUT2D eigenvalue weighted by molar-refractivity contribution is 0.150. The van der Waals surface area contributed by atoms with Crippen LogP contribution in [-0.4, -0.2) is 11.2 Å². The first-order chi connectivity index (χ1) is 6.56. The summed E-state index contributed by atoms with van der Waals surface area (Å²) in [6.45, 7) is 1.77. The van der Waals surface area contributed by atoms with Crippen molar-refractivity contribution in [2.45, 2.75) is 31.3 Å². The van der Waals surface area contributed by atoms with E-state index >= 15 is 0 Å². The second kappa shape index (κ2) is 3.21. The van der Waals surface area contributed by atoms with Crippen LogP contribution in [0.2, 0.25) is 5.02 Å². The van der Waals surface area contributed by atoms with E-state index in [1.54, 1.807) is 19.1 Å². The zero-order chi connectivity index (χ0) is 10.3. The second-order valence-corrected chi connectivity index (χ2v) is 4.37. The number of aliphatic hydroxyl groups excluding tert-OH is 1. The molecule has 76 valence electrons. The Kier molecular flexibility index (Phi) is 2.28. The van der Waals surface area contributed by atoms with Crippen LogP contribution in [0.1, 0.15) is 25.3 Å². The van der Waals surface area contributed by atoms with E-state index in [0.29, 0.717) is 0 Å². The molecule has 1 aromatic rings. The SMILES string of the molecule is CC(O)C1(c2ccc(F)c(Cl)c2)CC1. The van der Waals surface area contributed by atoms with E-state index < -0.39 is 11.9 Å². The van der Waals surface area contributed by atoms with E-state index in [1.807, 2.05) is 0 Å². The van der Waals surface area contributed by atoms with Crippen LogP contribution in [0.5, 0.6) is 0 Å². The molecular weight excluding hydrogens is 203 g/mol. The molecule has 0 spiro atoms. The fourth-order valence-corrected chi connectivity index (χ4v) is 2.07. The van der Waals surface area contributed by atoms with Gasteiger partial charge < -0.3 is 5.11 Å². The zero-order valence-electron chi connectivity index (χ0n) is 7.93. The van der Waals surface area contributed by atoms with Crippen LogP contribution < -0.4 is 0 Å². The third kappa shape index (κ3) is 1.43. The first-order valence-corrected chi connectivity index (χ1v) is 5.08. The fraction of sp³-hybridized carbons (Fsp3) is 0.455. The van der Waals surface area contributed by atoms with Crippen molar-refractivity contribution in [1.82, 2.24) is 0 Å². The molecule has 1 atom stereocenters. The molecule has 1 N–H and O–H groups in total. The van der Waals surface area contributed by atoms with Crippen molar-refractivity contribution in [2.24, 2.45) is 0 Å². The molecular formula is C11H12ClFO. The molecule has 1 aromatic carbocycles. The van der Waals surface area contributed by atoms with Crippen molar-refractivity contribution in [1.29, 1.82) is 0 Å². The summed E-state index contributed by atoms with van der Waals surface area (Å²) in [5.41, 5.74) is 0.774. The Bertz CT molecular complexity index is 358. The average Bonchev–Trinajstić information content (AvgIpc) is 2.90. The Morgan fingerprint density at radius 3 is 2.57 bits per heavy atom. The van der Waals surface area contributed by atoms with E-state index in [2.05, 4.69) is 0 Å². The van der Waals surface area contributed by atoms with Crippen LogP contribution >= 0.6 is 11.6 Å². The molecule has 1 aliphatic carbocycles. The number of benzene rings is 1. The summed E-state index contributed by atoms with van der Waals surface area (Å²) in [5.74, 6) is -0.406. The Morgan fingerprint density at radius 2 is 2.14 bits per heavy atom. The average molecular weight is 215 g/mol. The Morgan fingerprint density at radius 1 is 1.50 bits per heavy atom. The number of hydrogen-bond acceptors (Lipinski definition) is 1. The molecule has 0 bridgehead atoms. The predicted molar refractivity (Wildman–Crippen MR) is 54.0 cm³/mol. The largest absolute Gasteiger partial charge is 0.392 e. The maximum atomic E-state index is 12.9. The topological polar surface area (TPSA) is 20.2 Å². The standard InChI is InChI=1S/C11H12ClFO/c1-7(14)11(4-5-11)8-2-3-10(13)9(12)6-8/h2-3,6-7,14H,4-5H2,1H3. The molecule has 0 radical (unpaired) electrons. The maximum Gasteiger partial charge on any atom is 0.141 e. The van der Waals surface area contributed by atoms with Crippen molar-refractivity contribution < 1.29 is 9.50 Å². The summed E-state index contributed by atoms with van der Waals surface area (Å²) in [4.78, 5) is 0. The van der Waals surface area contributed by atoms with Crippen molar-refractivity contribution in [3.63, 3.8) is 0 Å². The minimum atomic E-state index is -0.406. The summed E-state index contributed by atoms with van der Waals surface area (Å²) in [6, 6.07) is 4.69. The minimum absolute atomic E-state index is 0.134. The number of aliphatic hydroxyl groups is 1. The van der Waals surface area contributed by atoms with Gasteiger partial charge in [-0.05, 0) is 37.5 Å². The van der Waals surface area contributed by atoms with Gasteiger partial charge in [0.1, 0.15) is 5.82 Å². The molecule has 0 aliphatic heterocycles. The van der Waals surface area contributed by atoms with Crippen molar-refractivity contribution >= 4 is 11.6 Å². The lowest BCUT2D eigenvalue weighted by Crippen LogP contribution is -2.22. The molecule has 14 heavy (non-hydrogen) atoms. The lowest BCUT2D eigenvalue weighted by Gasteiger charge is -2.19. The van der Waals surface area contributed by atoms with Crippen molar-refractivity contribution in [3.05, 3.63) is 34.6 Å². The highest BCUT2D eigenvalue weighted by atomic mass is 35.5. The zero-order valence-corrected chi connectivity index (χ0v) is 8.68. The molecule has 1 saturated carbocycles. The first-order valence-electron chi connectivity index (χ1n) is 4.70. The Hall–Kier alpha value is -0.600. The Labute approximate surface area is 87.5 Å². The van der Waals surface area contributed by atoms with Gasteiger partial charge >= 0.3 is 0 Å². The Balaban J connectivity index is 2.38. The summed E-state index contributed by atoms with van der Waals surface area (Å²) in [7, 11) is 0. The van der Waals surface area contributed by atoms with Gasteiger partial charge in [0, 0.05) is 5.41 Å². The van der Waals surface area contributed by atoms with E-state index in [0.717, 1.165) is 18.4 Å². The van der Waals surface area contributed by atoms with Crippen molar-refractivity contribution in [2.75, 3.05) is 0 Å². The lowest BCUT2D eigenvalue weighted by atomic mass is 9.91. The highest BCUT2D eigenvalue weighted by molar-refractivity contribution is 6.30. The monoisotopic (exact) mass is 214 g/mol. The molecule has 3 heteroatoms. The summed E-state index contributed by atoms with van der Waals surface area (Å²) in [5, 5.41) is 9.75. The third-order valence-electron chi connectivity index (χ3n) is 3.08. The van der Waals surface area contributed by atoms with Crippen LogP contribution in [-0.2, 0) is 5.41 Å². The van der Waals surface area contributed by atoms with E-state index in [4.69, 9.17) is 11.6 Å². The third-order valence-corrected chi connectivity index (χ3v) is 3.37. The molecule has 1 fully saturated rings. The smallest absolute Gasteiger partial charge is 0.141 e. The minimum Gasteiger partial charge on any atom is -0.392 e. The van der Waals surface area contributed by atoms with Crippen LogP contribution in [0.3, 0.4) is 0 Å². The van der Waals surface area contributed by atoms with Gasteiger partial charge in [-0.1, -0.05) is 17.7 Å². The van der Waals surface area contributed by atoms with Crippen LogP contribution in [0.25, 0.3) is 0 Å². The normalized spacial score (nSPS) is 20.6. The molecule has 1 nitrogen and oxygen atoms in total. The molecule has 0 amide bonds. The van der Waals surface area contributed by atoms with Gasteiger partial charge in [-0.15, -0.1) is 0 Å². The second-order valence-electron chi connectivity index (χ2n) is 3.96. The van der Waals surface area contributed by atoms with E-state index in [9.17, 15) is 9.50 Å². The maximum absolute atomic E-state index is 12.9. The first kappa shape index (κ1) is 9.94. The van der Waals surface area contributed by atoms with Gasteiger partial charge in [0.15, 0.2) is 0 Å². The molecule has 2 rings (SSSR count). The van der Waals surface area contributed by atoms with Gasteiger partial charge in [-0.2, -0.15) is 0 Å². The highest BCUT2D eigenvalue weighted by Crippen LogP contribution is 2.51. The van der Waals surface area contributed by atoms with Crippen LogP contribution in [0.15, 0.2) is 18.2 Å². The summed E-state index contributed by atoms with van der Waals surface area (Å²) < 4.78 is 12.9. The summed E-state index contributed by atoms with van der Waals surface area (Å²) in [6.07, 6.45) is 1.50. The van der Waals surface area contributed by atoms with Gasteiger partial charge in [0.2, 0.25) is 0 Å². The highest BCUT2D eigenvalue weighted by Gasteiger charge is 2.48. The molecule has 1 unspecified atom stereocenters. The molecule has 0 aromatic heterocycles. The van der Waals surface area contributed by atoms with Gasteiger partial charge in [0.05, 0.1) is 11.1 Å². The van der Waals surface area contributed by atoms with Gasteiger partial charge in [-0.25, -0.2) is 4.39 Å². The number of halogens is 2. The molecule has 0 heterocycles. The number of rotatable bonds is 2. The molecule has 1 aliphatic rings. The molecule has 0 saturated heterocycles. The quantitative estimate of drug-likeness (QED) is 0.803. The van der Waals surface area contributed by atoms with Gasteiger partial charge in [-0.3, -0.25) is 0 Å². The summed E-state index contributed by atoms with van der Waals surface area (Å²) >= 11 is 5.70. The van der Waals surface area contributed by atoms with Gasteiger partial charge in [0.25, 0.3) is 0 Å². The van der Waals surface area contributed by atoms with Crippen LogP contribution in [0.4, 0.5) is 4.39 Å². The predicted octanol–water partition coefficient (Wildman–Crippen LogP) is 2.89. The van der Waals surface area contributed by atoms with E-state index in [1.165, 1.54) is 6.07 Å². The van der Waals surface area contributed by atoms with Crippen molar-refractivity contribution in [3.8, 4) is 0 Å². The fourth-order valence-electron chi connectivity index (χ4n) is 1.89.